The summed E-state index contributed by atoms with van der Waals surface area (Å²) in [6.07, 6.45) is 0.887. The van der Waals surface area contributed by atoms with Gasteiger partial charge in [0.1, 0.15) is 18.3 Å². The molecule has 0 aliphatic carbocycles. The molecular weight excluding hydrogens is 669 g/mol. The van der Waals surface area contributed by atoms with E-state index in [4.69, 9.17) is 27.9 Å². The normalized spacial score (nSPS) is 12.5. The van der Waals surface area contributed by atoms with Crippen molar-refractivity contribution in [3.63, 3.8) is 0 Å². The van der Waals surface area contributed by atoms with E-state index in [-0.39, 0.29) is 29.8 Å². The fraction of sp³-hybridized carbons (Fsp3) is 0.297. The first-order chi connectivity index (χ1) is 22.9. The lowest BCUT2D eigenvalue weighted by Crippen LogP contribution is -2.54. The van der Waals surface area contributed by atoms with Gasteiger partial charge in [-0.05, 0) is 86.8 Å². The fourth-order valence-corrected chi connectivity index (χ4v) is 6.81. The number of carbonyl (C=O) groups excluding carboxylic acids is 2. The summed E-state index contributed by atoms with van der Waals surface area (Å²) in [7, 11) is -4.25. The molecule has 254 valence electrons. The molecule has 0 heterocycles. The maximum absolute atomic E-state index is 14.6. The van der Waals surface area contributed by atoms with Crippen molar-refractivity contribution in [3.8, 4) is 5.75 Å². The number of aryl methyl sites for hydroxylation is 1. The van der Waals surface area contributed by atoms with Gasteiger partial charge in [-0.2, -0.15) is 0 Å². The summed E-state index contributed by atoms with van der Waals surface area (Å²) in [6.45, 7) is 7.43. The standard InChI is InChI=1S/C37H41Cl2N3O5S/c1-5-27(4)40-37(44)35(23-28-10-8-7-9-11-28)41(24-29-14-21-33(38)34(39)22-29)36(43)25-42(30-15-12-26(3)13-16-30)48(45,46)32-19-17-31(18-20-32)47-6-2/h7-22,27,35H,5-6,23-25H2,1-4H3,(H,40,44)/t27-,35-/m0/s1. The molecule has 0 bridgehead atoms. The summed E-state index contributed by atoms with van der Waals surface area (Å²) < 4.78 is 35.1. The molecule has 4 aromatic carbocycles. The van der Waals surface area contributed by atoms with E-state index in [0.29, 0.717) is 40.1 Å². The number of nitrogens with one attached hydrogen (secondary N) is 1. The van der Waals surface area contributed by atoms with Gasteiger partial charge in [0.15, 0.2) is 0 Å². The Morgan fingerprint density at radius 1 is 0.854 bits per heavy atom. The van der Waals surface area contributed by atoms with E-state index in [1.54, 1.807) is 54.6 Å². The number of nitrogens with zero attached hydrogens (tertiary/aromatic N) is 2. The second kappa shape index (κ2) is 16.9. The van der Waals surface area contributed by atoms with Crippen LogP contribution in [0.15, 0.2) is 102 Å². The highest BCUT2D eigenvalue weighted by molar-refractivity contribution is 7.92. The zero-order valence-corrected chi connectivity index (χ0v) is 29.9. The molecule has 0 saturated heterocycles. The average molecular weight is 711 g/mol. The second-order valence-corrected chi connectivity index (χ2v) is 14.2. The largest absolute Gasteiger partial charge is 0.494 e. The quantitative estimate of drug-likeness (QED) is 0.138. The van der Waals surface area contributed by atoms with Crippen molar-refractivity contribution in [2.24, 2.45) is 0 Å². The molecule has 4 aromatic rings. The summed E-state index contributed by atoms with van der Waals surface area (Å²) in [5.41, 5.74) is 2.70. The first-order valence-electron chi connectivity index (χ1n) is 15.8. The number of benzene rings is 4. The van der Waals surface area contributed by atoms with Crippen molar-refractivity contribution in [1.82, 2.24) is 10.2 Å². The van der Waals surface area contributed by atoms with E-state index in [9.17, 15) is 18.0 Å². The van der Waals surface area contributed by atoms with Crippen molar-refractivity contribution in [1.29, 1.82) is 0 Å². The summed E-state index contributed by atoms with van der Waals surface area (Å²) >= 11 is 12.6. The first kappa shape index (κ1) is 36.8. The van der Waals surface area contributed by atoms with E-state index < -0.39 is 28.5 Å². The third-order valence-corrected chi connectivity index (χ3v) is 10.5. The lowest BCUT2D eigenvalue weighted by atomic mass is 10.0. The van der Waals surface area contributed by atoms with Crippen LogP contribution in [0.2, 0.25) is 10.0 Å². The van der Waals surface area contributed by atoms with Crippen LogP contribution in [-0.2, 0) is 32.6 Å². The maximum atomic E-state index is 14.6. The third-order valence-electron chi connectivity index (χ3n) is 7.93. The summed E-state index contributed by atoms with van der Waals surface area (Å²) in [4.78, 5) is 30.0. The number of sulfonamides is 1. The minimum Gasteiger partial charge on any atom is -0.494 e. The minimum atomic E-state index is -4.25. The van der Waals surface area contributed by atoms with Crippen LogP contribution in [0.4, 0.5) is 5.69 Å². The Hall–Kier alpha value is -4.05. The van der Waals surface area contributed by atoms with Crippen LogP contribution in [0.25, 0.3) is 0 Å². The molecule has 48 heavy (non-hydrogen) atoms. The molecule has 0 spiro atoms. The molecule has 8 nitrogen and oxygen atoms in total. The van der Waals surface area contributed by atoms with E-state index in [1.165, 1.54) is 17.0 Å². The highest BCUT2D eigenvalue weighted by atomic mass is 35.5. The Kier molecular flexibility index (Phi) is 12.9. The van der Waals surface area contributed by atoms with Gasteiger partial charge in [0.2, 0.25) is 11.8 Å². The topological polar surface area (TPSA) is 96.0 Å². The van der Waals surface area contributed by atoms with Crippen molar-refractivity contribution in [3.05, 3.63) is 124 Å². The molecule has 2 amide bonds. The number of halogens is 2. The van der Waals surface area contributed by atoms with Crippen molar-refractivity contribution >= 4 is 50.7 Å². The molecular formula is C37H41Cl2N3O5S. The van der Waals surface area contributed by atoms with Gasteiger partial charge < -0.3 is 15.0 Å². The van der Waals surface area contributed by atoms with Crippen LogP contribution in [0.5, 0.6) is 5.75 Å². The second-order valence-electron chi connectivity index (χ2n) is 11.5. The van der Waals surface area contributed by atoms with Crippen molar-refractivity contribution < 1.29 is 22.7 Å². The molecule has 0 aliphatic heterocycles. The van der Waals surface area contributed by atoms with Crippen LogP contribution in [0, 0.1) is 6.92 Å². The number of ether oxygens (including phenoxy) is 1. The summed E-state index contributed by atoms with van der Waals surface area (Å²) in [6, 6.07) is 26.2. The van der Waals surface area contributed by atoms with Crippen molar-refractivity contribution in [2.75, 3.05) is 17.5 Å². The highest BCUT2D eigenvalue weighted by Gasteiger charge is 2.35. The number of amides is 2. The number of hydrogen-bond acceptors (Lipinski definition) is 5. The van der Waals surface area contributed by atoms with Gasteiger partial charge in [-0.1, -0.05) is 84.2 Å². The lowest BCUT2D eigenvalue weighted by Gasteiger charge is -2.34. The molecule has 0 radical (unpaired) electrons. The summed E-state index contributed by atoms with van der Waals surface area (Å²) in [5.74, 6) is -0.396. The molecule has 4 rings (SSSR count). The fourth-order valence-electron chi connectivity index (χ4n) is 5.07. The van der Waals surface area contributed by atoms with Crippen LogP contribution in [0.1, 0.15) is 43.9 Å². The Bertz CT molecular complexity index is 1790. The van der Waals surface area contributed by atoms with Gasteiger partial charge in [-0.15, -0.1) is 0 Å². The van der Waals surface area contributed by atoms with E-state index in [2.05, 4.69) is 5.32 Å². The first-order valence-corrected chi connectivity index (χ1v) is 18.0. The monoisotopic (exact) mass is 709 g/mol. The van der Waals surface area contributed by atoms with Crippen LogP contribution >= 0.6 is 23.2 Å². The molecule has 0 aliphatic rings. The Balaban J connectivity index is 1.81. The van der Waals surface area contributed by atoms with Gasteiger partial charge >= 0.3 is 0 Å². The van der Waals surface area contributed by atoms with E-state index in [1.807, 2.05) is 58.0 Å². The van der Waals surface area contributed by atoms with Crippen molar-refractivity contribution in [2.45, 2.75) is 64.1 Å². The Labute approximate surface area is 293 Å². The van der Waals surface area contributed by atoms with E-state index in [0.717, 1.165) is 15.4 Å². The number of carbonyl (C=O) groups is 2. The van der Waals surface area contributed by atoms with Gasteiger partial charge in [0.05, 0.1) is 27.2 Å². The molecule has 0 fully saturated rings. The maximum Gasteiger partial charge on any atom is 0.264 e. The lowest BCUT2D eigenvalue weighted by molar-refractivity contribution is -0.140. The molecule has 11 heteroatoms. The SMILES string of the molecule is CCOc1ccc(S(=O)(=O)N(CC(=O)N(Cc2ccc(Cl)c(Cl)c2)[C@@H](Cc2ccccc2)C(=O)N[C@@H](C)CC)c2ccc(C)cc2)cc1. The molecule has 0 unspecified atom stereocenters. The number of anilines is 1. The smallest absolute Gasteiger partial charge is 0.264 e. The molecule has 0 saturated carbocycles. The van der Waals surface area contributed by atoms with Gasteiger partial charge in [0.25, 0.3) is 10.0 Å². The number of hydrogen-bond donors (Lipinski definition) is 1. The molecule has 1 N–H and O–H groups in total. The van der Waals surface area contributed by atoms with Crippen LogP contribution in [-0.4, -0.2) is 50.4 Å². The summed E-state index contributed by atoms with van der Waals surface area (Å²) in [5, 5.41) is 3.67. The highest BCUT2D eigenvalue weighted by Crippen LogP contribution is 2.28. The molecule has 2 atom stereocenters. The average Bonchev–Trinajstić information content (AvgIpc) is 3.08. The predicted molar refractivity (Wildman–Crippen MR) is 192 cm³/mol. The zero-order valence-electron chi connectivity index (χ0n) is 27.5. The molecule has 0 aromatic heterocycles. The van der Waals surface area contributed by atoms with E-state index >= 15 is 0 Å². The van der Waals surface area contributed by atoms with Crippen LogP contribution < -0.4 is 14.4 Å². The Morgan fingerprint density at radius 2 is 1.52 bits per heavy atom. The van der Waals surface area contributed by atoms with Gasteiger partial charge in [-0.3, -0.25) is 13.9 Å². The number of rotatable bonds is 15. The van der Waals surface area contributed by atoms with Gasteiger partial charge in [0, 0.05) is 19.0 Å². The predicted octanol–water partition coefficient (Wildman–Crippen LogP) is 7.45. The third kappa shape index (κ3) is 9.52. The zero-order chi connectivity index (χ0) is 34.8. The Morgan fingerprint density at radius 3 is 2.12 bits per heavy atom. The van der Waals surface area contributed by atoms with Gasteiger partial charge in [-0.25, -0.2) is 8.42 Å². The van der Waals surface area contributed by atoms with Crippen LogP contribution in [0.3, 0.4) is 0 Å². The minimum absolute atomic E-state index is 0.00860.